The summed E-state index contributed by atoms with van der Waals surface area (Å²) in [6, 6.07) is 11.8. The summed E-state index contributed by atoms with van der Waals surface area (Å²) >= 11 is 2.28. The second-order valence-electron chi connectivity index (χ2n) is 9.48. The first-order valence-corrected chi connectivity index (χ1v) is 12.9. The standard InChI is InChI=1S/C25H23IN8O2/c26-20-8-18(1-2-21(20)36-19-4-6-33-22(9-19)27-13-29-33)31-25-23-15(3-5-34(23)30-14-28-25)10-32-11-16-7-17(12-32)24(16)35/h1-6,8-9,13-14,16-17,24,35H,7,10-12H2,(H,28,30,31)/t16-,17+,24?. The Morgan fingerprint density at radius 1 is 1.00 bits per heavy atom. The third-order valence-corrected chi connectivity index (χ3v) is 8.01. The predicted molar refractivity (Wildman–Crippen MR) is 141 cm³/mol. The number of nitrogens with one attached hydrogen (secondary N) is 1. The zero-order valence-electron chi connectivity index (χ0n) is 19.2. The van der Waals surface area contributed by atoms with Gasteiger partial charge >= 0.3 is 0 Å². The third kappa shape index (κ3) is 3.87. The first-order valence-electron chi connectivity index (χ1n) is 11.9. The van der Waals surface area contributed by atoms with Crippen molar-refractivity contribution in [3.8, 4) is 11.5 Å². The third-order valence-electron chi connectivity index (χ3n) is 7.16. The molecular weight excluding hydrogens is 571 g/mol. The number of piperidine rings is 2. The number of halogens is 1. The Morgan fingerprint density at radius 3 is 2.64 bits per heavy atom. The number of fused-ring (bicyclic) bond motifs is 4. The summed E-state index contributed by atoms with van der Waals surface area (Å²) in [6.07, 6.45) is 7.91. The topological polar surface area (TPSA) is 105 Å². The smallest absolute Gasteiger partial charge is 0.158 e. The van der Waals surface area contributed by atoms with Crippen molar-refractivity contribution in [3.63, 3.8) is 0 Å². The van der Waals surface area contributed by atoms with Gasteiger partial charge in [0.05, 0.1) is 9.67 Å². The van der Waals surface area contributed by atoms with E-state index in [0.29, 0.717) is 17.6 Å². The lowest BCUT2D eigenvalue weighted by molar-refractivity contribution is -0.109. The monoisotopic (exact) mass is 594 g/mol. The van der Waals surface area contributed by atoms with Crippen LogP contribution in [0.25, 0.3) is 11.2 Å². The lowest BCUT2D eigenvalue weighted by atomic mass is 9.68. The van der Waals surface area contributed by atoms with Crippen molar-refractivity contribution < 1.29 is 9.84 Å². The Hall–Kier alpha value is -3.29. The number of anilines is 2. The molecule has 1 unspecified atom stereocenters. The molecule has 4 aromatic heterocycles. The molecule has 36 heavy (non-hydrogen) atoms. The molecular formula is C25H23IN8O2. The van der Waals surface area contributed by atoms with Crippen LogP contribution in [-0.4, -0.2) is 58.4 Å². The zero-order valence-corrected chi connectivity index (χ0v) is 21.4. The van der Waals surface area contributed by atoms with Crippen molar-refractivity contribution in [2.24, 2.45) is 11.8 Å². The van der Waals surface area contributed by atoms with Crippen LogP contribution in [0.5, 0.6) is 11.5 Å². The molecule has 3 fully saturated rings. The second kappa shape index (κ2) is 8.68. The fraction of sp³-hybridized carbons (Fsp3) is 0.280. The Bertz CT molecular complexity index is 1570. The lowest BCUT2D eigenvalue weighted by Gasteiger charge is -2.51. The van der Waals surface area contributed by atoms with Gasteiger partial charge in [-0.2, -0.15) is 10.2 Å². The first-order chi connectivity index (χ1) is 17.6. The molecule has 2 bridgehead atoms. The van der Waals surface area contributed by atoms with Crippen molar-refractivity contribution in [1.82, 2.24) is 34.1 Å². The molecule has 11 heteroatoms. The van der Waals surface area contributed by atoms with Crippen molar-refractivity contribution in [1.29, 1.82) is 0 Å². The quantitative estimate of drug-likeness (QED) is 0.287. The Kier molecular flexibility index (Phi) is 5.29. The van der Waals surface area contributed by atoms with E-state index in [4.69, 9.17) is 4.74 Å². The Balaban J connectivity index is 1.11. The molecule has 6 heterocycles. The molecule has 5 aromatic rings. The highest BCUT2D eigenvalue weighted by molar-refractivity contribution is 14.1. The molecule has 2 saturated heterocycles. The molecule has 3 aliphatic rings. The van der Waals surface area contributed by atoms with E-state index in [9.17, 15) is 5.11 Å². The summed E-state index contributed by atoms with van der Waals surface area (Å²) in [7, 11) is 0. The van der Waals surface area contributed by atoms with Gasteiger partial charge in [-0.05, 0) is 76.7 Å². The van der Waals surface area contributed by atoms with E-state index in [-0.39, 0.29) is 6.10 Å². The van der Waals surface area contributed by atoms with Gasteiger partial charge in [-0.15, -0.1) is 0 Å². The maximum absolute atomic E-state index is 10.1. The fourth-order valence-electron chi connectivity index (χ4n) is 5.35. The number of hydrogen-bond acceptors (Lipinski definition) is 8. The zero-order chi connectivity index (χ0) is 24.2. The van der Waals surface area contributed by atoms with Crippen LogP contribution in [0.2, 0.25) is 0 Å². The molecule has 0 spiro atoms. The van der Waals surface area contributed by atoms with Crippen LogP contribution < -0.4 is 10.1 Å². The number of pyridine rings is 1. The fourth-order valence-corrected chi connectivity index (χ4v) is 5.98. The van der Waals surface area contributed by atoms with Gasteiger partial charge in [-0.3, -0.25) is 4.90 Å². The molecule has 2 N–H and O–H groups in total. The molecule has 0 radical (unpaired) electrons. The van der Waals surface area contributed by atoms with E-state index in [1.165, 1.54) is 11.9 Å². The molecule has 1 aromatic carbocycles. The summed E-state index contributed by atoms with van der Waals surface area (Å²) in [5.41, 5.74) is 3.78. The van der Waals surface area contributed by atoms with Gasteiger partial charge in [0.25, 0.3) is 0 Å². The van der Waals surface area contributed by atoms with Gasteiger partial charge in [0.15, 0.2) is 11.5 Å². The summed E-state index contributed by atoms with van der Waals surface area (Å²) in [5, 5.41) is 22.1. The summed E-state index contributed by atoms with van der Waals surface area (Å²) in [5.74, 6) is 3.04. The van der Waals surface area contributed by atoms with E-state index < -0.39 is 0 Å². The highest BCUT2D eigenvalue weighted by Gasteiger charge is 2.45. The molecule has 8 rings (SSSR count). The van der Waals surface area contributed by atoms with E-state index >= 15 is 0 Å². The molecule has 10 nitrogen and oxygen atoms in total. The van der Waals surface area contributed by atoms with E-state index in [0.717, 1.165) is 58.0 Å². The number of aromatic nitrogens is 6. The van der Waals surface area contributed by atoms with Crippen molar-refractivity contribution >= 4 is 45.3 Å². The largest absolute Gasteiger partial charge is 0.456 e. The number of benzene rings is 1. The van der Waals surface area contributed by atoms with Gasteiger partial charge in [0.2, 0.25) is 0 Å². The molecule has 3 atom stereocenters. The lowest BCUT2D eigenvalue weighted by Crippen LogP contribution is -2.57. The molecule has 1 aliphatic carbocycles. The number of aliphatic hydroxyl groups excluding tert-OH is 1. The maximum Gasteiger partial charge on any atom is 0.158 e. The van der Waals surface area contributed by atoms with Gasteiger partial charge in [-0.25, -0.2) is 19.0 Å². The minimum absolute atomic E-state index is 0.118. The van der Waals surface area contributed by atoms with Gasteiger partial charge in [0.1, 0.15) is 29.7 Å². The van der Waals surface area contributed by atoms with Gasteiger partial charge < -0.3 is 15.2 Å². The molecule has 2 aliphatic heterocycles. The highest BCUT2D eigenvalue weighted by atomic mass is 127. The van der Waals surface area contributed by atoms with Crippen LogP contribution in [0.3, 0.4) is 0 Å². The number of aliphatic hydroxyl groups is 1. The van der Waals surface area contributed by atoms with Gasteiger partial charge in [-0.1, -0.05) is 0 Å². The molecule has 182 valence electrons. The van der Waals surface area contributed by atoms with Crippen LogP contribution in [0.15, 0.2) is 61.4 Å². The van der Waals surface area contributed by atoms with Crippen LogP contribution in [0.1, 0.15) is 12.0 Å². The van der Waals surface area contributed by atoms with E-state index in [1.807, 2.05) is 47.2 Å². The van der Waals surface area contributed by atoms with Crippen molar-refractivity contribution in [2.45, 2.75) is 19.1 Å². The average molecular weight is 594 g/mol. The van der Waals surface area contributed by atoms with Gasteiger partial charge in [0, 0.05) is 43.8 Å². The SMILES string of the molecule is OC1[C@@H]2C[C@H]1CN(Cc1ccn3ncnc(Nc4ccc(Oc5ccn6ncnc6c5)c(I)c4)c13)C2. The summed E-state index contributed by atoms with van der Waals surface area (Å²) in [6.45, 7) is 2.70. The second-order valence-corrected chi connectivity index (χ2v) is 10.6. The summed E-state index contributed by atoms with van der Waals surface area (Å²) in [4.78, 5) is 11.2. The highest BCUT2D eigenvalue weighted by Crippen LogP contribution is 2.40. The van der Waals surface area contributed by atoms with Crippen molar-refractivity contribution in [2.75, 3.05) is 18.4 Å². The number of ether oxygens (including phenoxy) is 1. The van der Waals surface area contributed by atoms with Crippen LogP contribution >= 0.6 is 22.6 Å². The normalized spacial score (nSPS) is 21.6. The Labute approximate surface area is 220 Å². The predicted octanol–water partition coefficient (Wildman–Crippen LogP) is 3.73. The van der Waals surface area contributed by atoms with Crippen LogP contribution in [-0.2, 0) is 6.54 Å². The maximum atomic E-state index is 10.1. The van der Waals surface area contributed by atoms with Crippen LogP contribution in [0, 0.1) is 15.4 Å². The first kappa shape index (κ1) is 21.9. The number of hydrogen-bond donors (Lipinski definition) is 2. The van der Waals surface area contributed by atoms with E-state index in [1.54, 1.807) is 10.8 Å². The Morgan fingerprint density at radius 2 is 1.81 bits per heavy atom. The van der Waals surface area contributed by atoms with Crippen LogP contribution in [0.4, 0.5) is 11.5 Å². The molecule has 1 saturated carbocycles. The number of rotatable bonds is 6. The minimum Gasteiger partial charge on any atom is -0.456 e. The minimum atomic E-state index is -0.118. The average Bonchev–Trinajstić information content (AvgIpc) is 3.53. The van der Waals surface area contributed by atoms with E-state index in [2.05, 4.69) is 59.0 Å². The van der Waals surface area contributed by atoms with Crippen molar-refractivity contribution in [3.05, 3.63) is 70.6 Å². The summed E-state index contributed by atoms with van der Waals surface area (Å²) < 4.78 is 10.6. The number of nitrogens with zero attached hydrogens (tertiary/aromatic N) is 7. The molecule has 0 amide bonds.